The largest absolute Gasteiger partial charge is 0.461 e. The molecule has 0 aromatic carbocycles. The second-order valence-corrected chi connectivity index (χ2v) is 12.6. The molecule has 7 rings (SSSR count). The first-order valence-corrected chi connectivity index (χ1v) is 14.9. The number of piperazine rings is 1. The highest BCUT2D eigenvalue weighted by atomic mass is 19.4. The molecular weight excluding hydrogens is 609 g/mol. The van der Waals surface area contributed by atoms with Gasteiger partial charge in [0.05, 0.1) is 16.5 Å². The first-order valence-electron chi connectivity index (χ1n) is 14.9. The molecular formula is C29H31F7N8O. The minimum Gasteiger partial charge on any atom is -0.461 e. The van der Waals surface area contributed by atoms with Gasteiger partial charge in [-0.2, -0.15) is 31.9 Å². The van der Waals surface area contributed by atoms with Gasteiger partial charge in [-0.1, -0.05) is 0 Å². The lowest BCUT2D eigenvalue weighted by atomic mass is 9.95. The number of alkyl halides is 6. The maximum absolute atomic E-state index is 16.5. The number of nitrogens with two attached hydrogens (primary N) is 1. The number of ether oxygens (including phenoxy) is 1. The Kier molecular flexibility index (Phi) is 7.04. The molecule has 4 aliphatic rings. The van der Waals surface area contributed by atoms with Crippen molar-refractivity contribution >= 4 is 22.5 Å². The third-order valence-electron chi connectivity index (χ3n) is 9.52. The molecule has 4 fully saturated rings. The second kappa shape index (κ2) is 10.5. The molecule has 3 aromatic heterocycles. The van der Waals surface area contributed by atoms with Gasteiger partial charge in [0.2, 0.25) is 0 Å². The Morgan fingerprint density at radius 3 is 2.51 bits per heavy atom. The fourth-order valence-electron chi connectivity index (χ4n) is 7.52. The number of fused-ring (bicyclic) bond motifs is 4. The molecule has 0 saturated carbocycles. The molecule has 16 heteroatoms. The summed E-state index contributed by atoms with van der Waals surface area (Å²) in [5.74, 6) is -6.76. The van der Waals surface area contributed by atoms with Crippen molar-refractivity contribution < 1.29 is 35.5 Å². The minimum absolute atomic E-state index is 0.0443. The van der Waals surface area contributed by atoms with Crippen molar-refractivity contribution in [3.8, 4) is 17.4 Å². The molecule has 0 aliphatic carbocycles. The zero-order chi connectivity index (χ0) is 31.9. The van der Waals surface area contributed by atoms with Gasteiger partial charge < -0.3 is 20.7 Å². The van der Waals surface area contributed by atoms with Crippen LogP contribution in [0, 0.1) is 12.7 Å². The predicted molar refractivity (Wildman–Crippen MR) is 150 cm³/mol. The summed E-state index contributed by atoms with van der Waals surface area (Å²) in [7, 11) is 0. The monoisotopic (exact) mass is 640 g/mol. The summed E-state index contributed by atoms with van der Waals surface area (Å²) >= 11 is 0. The van der Waals surface area contributed by atoms with E-state index in [1.807, 2.05) is 9.80 Å². The van der Waals surface area contributed by atoms with Crippen LogP contribution in [0.3, 0.4) is 0 Å². The molecule has 7 heterocycles. The number of halogens is 7. The Labute approximate surface area is 253 Å². The van der Waals surface area contributed by atoms with Crippen molar-refractivity contribution in [3.63, 3.8) is 0 Å². The maximum Gasteiger partial charge on any atom is 0.458 e. The molecule has 4 aliphatic heterocycles. The molecule has 45 heavy (non-hydrogen) atoms. The van der Waals surface area contributed by atoms with Crippen LogP contribution in [0.1, 0.15) is 43.2 Å². The number of hydrogen-bond donors (Lipinski definition) is 2. The van der Waals surface area contributed by atoms with Crippen LogP contribution in [-0.4, -0.2) is 87.6 Å². The highest BCUT2D eigenvalue weighted by molar-refractivity contribution is 5.92. The molecule has 9 nitrogen and oxygen atoms in total. The first kappa shape index (κ1) is 30.1. The fraction of sp³-hybridized carbons (Fsp3) is 0.586. The van der Waals surface area contributed by atoms with E-state index in [-0.39, 0.29) is 48.6 Å². The smallest absolute Gasteiger partial charge is 0.458 e. The van der Waals surface area contributed by atoms with Crippen LogP contribution in [-0.2, 0) is 5.92 Å². The molecule has 0 radical (unpaired) electrons. The van der Waals surface area contributed by atoms with E-state index in [2.05, 4.69) is 25.3 Å². The van der Waals surface area contributed by atoms with Gasteiger partial charge in [-0.25, -0.2) is 13.8 Å². The quantitative estimate of drug-likeness (QED) is 0.372. The molecule has 0 unspecified atom stereocenters. The van der Waals surface area contributed by atoms with Crippen molar-refractivity contribution in [2.75, 3.05) is 43.4 Å². The van der Waals surface area contributed by atoms with Crippen molar-refractivity contribution in [2.24, 2.45) is 0 Å². The van der Waals surface area contributed by atoms with E-state index in [1.165, 1.54) is 0 Å². The van der Waals surface area contributed by atoms with E-state index in [0.717, 1.165) is 45.0 Å². The predicted octanol–water partition coefficient (Wildman–Crippen LogP) is 4.67. The third kappa shape index (κ3) is 5.00. The SMILES string of the molecule is Cc1cc(N)nc(-c2ncc3c(N4C[C@H]5CC[C@@H](C4)N5)nc(OC[C@@]45CCCN4C[C@H](F)C5)nc3c2F)c1C(F)(F)C(F)(F)F. The van der Waals surface area contributed by atoms with Gasteiger partial charge in [0, 0.05) is 44.3 Å². The van der Waals surface area contributed by atoms with Gasteiger partial charge in [-0.05, 0) is 50.8 Å². The number of pyridine rings is 2. The highest BCUT2D eigenvalue weighted by Gasteiger charge is 2.61. The topological polar surface area (TPSA) is 105 Å². The fourth-order valence-corrected chi connectivity index (χ4v) is 7.52. The van der Waals surface area contributed by atoms with Crippen LogP contribution in [0.15, 0.2) is 12.3 Å². The summed E-state index contributed by atoms with van der Waals surface area (Å²) in [6, 6.07) is 0.958. The number of hydrogen-bond acceptors (Lipinski definition) is 9. The zero-order valence-corrected chi connectivity index (χ0v) is 24.3. The van der Waals surface area contributed by atoms with E-state index in [9.17, 15) is 26.3 Å². The number of nitrogen functional groups attached to an aromatic ring is 1. The number of rotatable bonds is 6. The molecule has 3 aromatic rings. The Balaban J connectivity index is 1.36. The molecule has 4 saturated heterocycles. The average Bonchev–Trinajstić information content (AvgIpc) is 3.61. The summed E-state index contributed by atoms with van der Waals surface area (Å²) in [5, 5.41) is 3.62. The minimum atomic E-state index is -6.00. The lowest BCUT2D eigenvalue weighted by Crippen LogP contribution is -2.51. The number of nitrogens with zero attached hydrogens (tertiary/aromatic N) is 6. The Morgan fingerprint density at radius 2 is 1.80 bits per heavy atom. The van der Waals surface area contributed by atoms with Crippen LogP contribution in [0.25, 0.3) is 22.3 Å². The summed E-state index contributed by atoms with van der Waals surface area (Å²) in [4.78, 5) is 20.6. The summed E-state index contributed by atoms with van der Waals surface area (Å²) < 4.78 is 107. The normalized spacial score (nSPS) is 27.0. The number of aromatic nitrogens is 4. The van der Waals surface area contributed by atoms with Crippen LogP contribution >= 0.6 is 0 Å². The Morgan fingerprint density at radius 1 is 1.07 bits per heavy atom. The van der Waals surface area contributed by atoms with E-state index < -0.39 is 58.0 Å². The summed E-state index contributed by atoms with van der Waals surface area (Å²) in [5.41, 5.74) is 0.785. The summed E-state index contributed by atoms with van der Waals surface area (Å²) in [6.45, 7) is 3.13. The first-order chi connectivity index (χ1) is 21.3. The van der Waals surface area contributed by atoms with Gasteiger partial charge in [-0.3, -0.25) is 9.88 Å². The molecule has 0 amide bonds. The number of anilines is 2. The molecule has 0 spiro atoms. The van der Waals surface area contributed by atoms with Gasteiger partial charge in [-0.15, -0.1) is 0 Å². The van der Waals surface area contributed by atoms with E-state index >= 15 is 4.39 Å². The molecule has 2 bridgehead atoms. The van der Waals surface area contributed by atoms with Crippen molar-refractivity contribution in [1.82, 2.24) is 30.2 Å². The van der Waals surface area contributed by atoms with Crippen LogP contribution < -0.4 is 20.7 Å². The highest BCUT2D eigenvalue weighted by Crippen LogP contribution is 2.49. The Bertz CT molecular complexity index is 1640. The Hall–Kier alpha value is -3.53. The van der Waals surface area contributed by atoms with Gasteiger partial charge in [0.1, 0.15) is 41.3 Å². The van der Waals surface area contributed by atoms with Crippen molar-refractivity contribution in [3.05, 3.63) is 29.2 Å². The van der Waals surface area contributed by atoms with Crippen molar-refractivity contribution in [1.29, 1.82) is 0 Å². The summed E-state index contributed by atoms with van der Waals surface area (Å²) in [6.07, 6.45) is -2.15. The van der Waals surface area contributed by atoms with Gasteiger partial charge in [0.25, 0.3) is 0 Å². The van der Waals surface area contributed by atoms with Gasteiger partial charge >= 0.3 is 18.1 Å². The van der Waals surface area contributed by atoms with Crippen LogP contribution in [0.2, 0.25) is 0 Å². The second-order valence-electron chi connectivity index (χ2n) is 12.6. The molecule has 4 atom stereocenters. The molecule has 3 N–H and O–H groups in total. The van der Waals surface area contributed by atoms with Crippen molar-refractivity contribution in [2.45, 2.75) is 74.9 Å². The van der Waals surface area contributed by atoms with E-state index in [4.69, 9.17) is 10.5 Å². The van der Waals surface area contributed by atoms with E-state index in [0.29, 0.717) is 25.3 Å². The lowest BCUT2D eigenvalue weighted by Gasteiger charge is -2.34. The average molecular weight is 641 g/mol. The van der Waals surface area contributed by atoms with E-state index in [1.54, 1.807) is 0 Å². The van der Waals surface area contributed by atoms with Crippen LogP contribution in [0.4, 0.5) is 42.4 Å². The molecule has 242 valence electrons. The third-order valence-corrected chi connectivity index (χ3v) is 9.52. The standard InChI is InChI=1S/C29H31F7N8O/c1-14-7-19(37)40-23(20(14)28(32,33)29(34,35)36)24-21(31)22-18(9-38-24)25(43-11-16-3-4-17(12-43)39-16)42-26(41-22)45-13-27-5-2-6-44(27)10-15(30)8-27/h7,9,15-17,39H,2-6,8,10-13H2,1H3,(H2,37,40)/t15-,16-,17+,27+/m1/s1. The van der Waals surface area contributed by atoms with Crippen LogP contribution in [0.5, 0.6) is 6.01 Å². The number of aryl methyl sites for hydroxylation is 1. The van der Waals surface area contributed by atoms with Gasteiger partial charge in [0.15, 0.2) is 5.82 Å². The lowest BCUT2D eigenvalue weighted by molar-refractivity contribution is -0.289. The maximum atomic E-state index is 16.5. The zero-order valence-electron chi connectivity index (χ0n) is 24.3. The number of nitrogens with one attached hydrogen (secondary N) is 1.